The third-order valence-electron chi connectivity index (χ3n) is 5.91. The predicted octanol–water partition coefficient (Wildman–Crippen LogP) is 0.464. The zero-order valence-electron chi connectivity index (χ0n) is 23.1. The van der Waals surface area contributed by atoms with E-state index in [2.05, 4.69) is 20.8 Å². The minimum Gasteiger partial charge on any atom is -0.445 e. The molecule has 2 saturated heterocycles. The molecular weight excluding hydrogens is 580 g/mol. The number of esters is 2. The van der Waals surface area contributed by atoms with Gasteiger partial charge in [-0.3, -0.25) is 19.2 Å². The van der Waals surface area contributed by atoms with Crippen LogP contribution in [0.25, 0.3) is 0 Å². The molecular formula is C24H32N6O9S2. The molecule has 3 heterocycles. The molecule has 2 aliphatic heterocycles. The fourth-order valence-corrected chi connectivity index (χ4v) is 5.81. The Morgan fingerprint density at radius 3 is 2.61 bits per heavy atom. The van der Waals surface area contributed by atoms with E-state index in [4.69, 9.17) is 24.8 Å². The third-order valence-corrected chi connectivity index (χ3v) is 8.13. The second kappa shape index (κ2) is 13.2. The van der Waals surface area contributed by atoms with Crippen molar-refractivity contribution < 1.29 is 43.0 Å². The van der Waals surface area contributed by atoms with Crippen molar-refractivity contribution >= 4 is 63.8 Å². The summed E-state index contributed by atoms with van der Waals surface area (Å²) in [5.74, 6) is -2.26. The number of carbonyl (C=O) groups excluding carboxylic acids is 5. The van der Waals surface area contributed by atoms with Crippen LogP contribution in [0.3, 0.4) is 0 Å². The van der Waals surface area contributed by atoms with Gasteiger partial charge in [0.25, 0.3) is 5.91 Å². The van der Waals surface area contributed by atoms with Crippen LogP contribution in [-0.4, -0.2) is 96.7 Å². The molecule has 3 atom stereocenters. The Bertz CT molecular complexity index is 1240. The van der Waals surface area contributed by atoms with E-state index in [1.165, 1.54) is 48.4 Å². The van der Waals surface area contributed by atoms with Gasteiger partial charge in [-0.25, -0.2) is 9.78 Å². The highest BCUT2D eigenvalue weighted by Gasteiger charge is 2.57. The van der Waals surface area contributed by atoms with Crippen molar-refractivity contribution in [1.82, 2.24) is 20.5 Å². The Morgan fingerprint density at radius 1 is 1.27 bits per heavy atom. The fourth-order valence-electron chi connectivity index (χ4n) is 3.76. The van der Waals surface area contributed by atoms with E-state index >= 15 is 0 Å². The molecule has 3 amide bonds. The first-order chi connectivity index (χ1) is 19.3. The van der Waals surface area contributed by atoms with E-state index < -0.39 is 58.9 Å². The number of nitrogen functional groups attached to an aromatic ring is 1. The van der Waals surface area contributed by atoms with E-state index in [0.29, 0.717) is 0 Å². The second-order valence-electron chi connectivity index (χ2n) is 9.95. The molecule has 0 saturated carbocycles. The normalized spacial score (nSPS) is 22.3. The number of rotatable bonds is 10. The number of nitrogens with two attached hydrogens (primary N) is 1. The lowest BCUT2D eigenvalue weighted by molar-refractivity contribution is -0.178. The summed E-state index contributed by atoms with van der Waals surface area (Å²) >= 11 is 2.36. The molecule has 4 N–H and O–H groups in total. The smallest absolute Gasteiger partial charge is 0.407 e. The number of β-lactam (4-membered cyclic amide) rings is 1. The molecule has 0 radical (unpaired) electrons. The summed E-state index contributed by atoms with van der Waals surface area (Å²) in [4.78, 5) is 73.0. The summed E-state index contributed by atoms with van der Waals surface area (Å²) in [5, 5.41) is 9.98. The molecule has 2 fully saturated rings. The molecule has 1 aromatic heterocycles. The molecule has 3 rings (SSSR count). The average Bonchev–Trinajstić information content (AvgIpc) is 3.37. The van der Waals surface area contributed by atoms with Gasteiger partial charge in [0.2, 0.25) is 12.7 Å². The minimum absolute atomic E-state index is 0.0833. The number of amides is 3. The standard InChI is InChI=1S/C24H32N6O9S2/c1-23(2,3)19(33)38-12-39-20(34)24(7-6-8-37-22(35)26-4)10-30-17(32)15(18(30)41-11-24)28-16(31)14(29-36-5)13-9-40-21(25)27-13/h6-7,9,15,18H,8,10-12H2,1-5H3,(H2,25,27)(H,26,35)(H,28,31)/t15?,18-,24?/m1/s1. The summed E-state index contributed by atoms with van der Waals surface area (Å²) in [6, 6.07) is -0.895. The van der Waals surface area contributed by atoms with Crippen LogP contribution in [0.15, 0.2) is 22.7 Å². The number of fused-ring (bicyclic) bond motifs is 1. The van der Waals surface area contributed by atoms with Crippen LogP contribution in [0.1, 0.15) is 26.5 Å². The van der Waals surface area contributed by atoms with Gasteiger partial charge in [-0.15, -0.1) is 23.1 Å². The highest BCUT2D eigenvalue weighted by molar-refractivity contribution is 8.00. The summed E-state index contributed by atoms with van der Waals surface area (Å²) in [7, 11) is 2.68. The number of thioether (sulfide) groups is 1. The van der Waals surface area contributed by atoms with Gasteiger partial charge in [-0.05, 0) is 26.8 Å². The lowest BCUT2D eigenvalue weighted by Gasteiger charge is -2.53. The van der Waals surface area contributed by atoms with E-state index in [9.17, 15) is 24.0 Å². The first-order valence-electron chi connectivity index (χ1n) is 12.2. The van der Waals surface area contributed by atoms with Crippen LogP contribution in [0.5, 0.6) is 0 Å². The van der Waals surface area contributed by atoms with Crippen LogP contribution in [-0.2, 0) is 38.2 Å². The van der Waals surface area contributed by atoms with Crippen LogP contribution >= 0.6 is 23.1 Å². The Morgan fingerprint density at radius 2 is 2.00 bits per heavy atom. The maximum atomic E-state index is 13.2. The Labute approximate surface area is 244 Å². The predicted molar refractivity (Wildman–Crippen MR) is 148 cm³/mol. The average molecular weight is 613 g/mol. The SMILES string of the molecule is CNC(=O)OCC=CC1(C(=O)OCOC(=O)C(C)(C)C)CS[C@@H]2C(NC(=O)C(=NOC)c3csc(N)n3)C(=O)N2C1. The lowest BCUT2D eigenvalue weighted by Crippen LogP contribution is -2.74. The first kappa shape index (κ1) is 31.7. The number of nitrogens with one attached hydrogen (secondary N) is 2. The largest absolute Gasteiger partial charge is 0.445 e. The zero-order chi connectivity index (χ0) is 30.4. The Balaban J connectivity index is 1.71. The van der Waals surface area contributed by atoms with Crippen molar-refractivity contribution in [2.45, 2.75) is 32.2 Å². The maximum absolute atomic E-state index is 13.2. The Kier molecular flexibility index (Phi) is 10.2. The van der Waals surface area contributed by atoms with Gasteiger partial charge in [0.1, 0.15) is 36.2 Å². The molecule has 2 unspecified atom stereocenters. The highest BCUT2D eigenvalue weighted by Crippen LogP contribution is 2.43. The van der Waals surface area contributed by atoms with Gasteiger partial charge >= 0.3 is 18.0 Å². The van der Waals surface area contributed by atoms with E-state index in [-0.39, 0.29) is 35.4 Å². The molecule has 1 aromatic rings. The monoisotopic (exact) mass is 612 g/mol. The van der Waals surface area contributed by atoms with E-state index in [1.807, 2.05) is 0 Å². The topological polar surface area (TPSA) is 201 Å². The summed E-state index contributed by atoms with van der Waals surface area (Å²) in [5.41, 5.74) is 3.58. The van der Waals surface area contributed by atoms with Crippen molar-refractivity contribution in [3.8, 4) is 0 Å². The highest BCUT2D eigenvalue weighted by atomic mass is 32.2. The molecule has 17 heteroatoms. The number of thiazole rings is 1. The number of oxime groups is 1. The van der Waals surface area contributed by atoms with Crippen LogP contribution in [0, 0.1) is 10.8 Å². The van der Waals surface area contributed by atoms with Gasteiger partial charge in [0.15, 0.2) is 10.8 Å². The molecule has 224 valence electrons. The van der Waals surface area contributed by atoms with Gasteiger partial charge in [0.05, 0.1) is 5.41 Å². The third kappa shape index (κ3) is 7.46. The molecule has 0 aliphatic carbocycles. The van der Waals surface area contributed by atoms with E-state index in [1.54, 1.807) is 20.8 Å². The number of aromatic nitrogens is 1. The summed E-state index contributed by atoms with van der Waals surface area (Å²) in [6.45, 7) is 4.15. The lowest BCUT2D eigenvalue weighted by atomic mass is 9.86. The number of alkyl carbamates (subject to hydrolysis) is 1. The molecule has 0 spiro atoms. The van der Waals surface area contributed by atoms with Crippen molar-refractivity contribution in [1.29, 1.82) is 0 Å². The van der Waals surface area contributed by atoms with Crippen LogP contribution in [0.2, 0.25) is 0 Å². The quantitative estimate of drug-likeness (QED) is 0.0825. The Hall–Kier alpha value is -3.86. The van der Waals surface area contributed by atoms with Crippen molar-refractivity contribution in [3.05, 3.63) is 23.2 Å². The van der Waals surface area contributed by atoms with Gasteiger partial charge in [-0.1, -0.05) is 11.2 Å². The molecule has 0 aromatic carbocycles. The second-order valence-corrected chi connectivity index (χ2v) is 11.9. The molecule has 15 nitrogen and oxygen atoms in total. The van der Waals surface area contributed by atoms with Crippen LogP contribution < -0.4 is 16.4 Å². The van der Waals surface area contributed by atoms with E-state index in [0.717, 1.165) is 11.3 Å². The number of nitrogens with zero attached hydrogens (tertiary/aromatic N) is 3. The van der Waals surface area contributed by atoms with Gasteiger partial charge in [0, 0.05) is 24.7 Å². The number of hydrogen-bond acceptors (Lipinski definition) is 14. The maximum Gasteiger partial charge on any atom is 0.407 e. The minimum atomic E-state index is -1.34. The number of anilines is 1. The first-order valence-corrected chi connectivity index (χ1v) is 14.2. The summed E-state index contributed by atoms with van der Waals surface area (Å²) in [6.07, 6.45) is 2.31. The summed E-state index contributed by atoms with van der Waals surface area (Å²) < 4.78 is 15.3. The van der Waals surface area contributed by atoms with Crippen LogP contribution in [0.4, 0.5) is 9.93 Å². The fraction of sp³-hybridized carbons (Fsp3) is 0.542. The number of carbonyl (C=O) groups is 5. The van der Waals surface area contributed by atoms with Crippen molar-refractivity contribution in [3.63, 3.8) is 0 Å². The molecule has 0 bridgehead atoms. The number of hydrogen-bond donors (Lipinski definition) is 3. The molecule has 41 heavy (non-hydrogen) atoms. The van der Waals surface area contributed by atoms with Gasteiger partial charge in [-0.2, -0.15) is 0 Å². The zero-order valence-corrected chi connectivity index (χ0v) is 24.8. The van der Waals surface area contributed by atoms with Crippen molar-refractivity contribution in [2.75, 3.05) is 45.6 Å². The molecule has 2 aliphatic rings. The van der Waals surface area contributed by atoms with Gasteiger partial charge < -0.3 is 40.3 Å². The van der Waals surface area contributed by atoms with Crippen molar-refractivity contribution in [2.24, 2.45) is 16.0 Å². The number of ether oxygens (including phenoxy) is 3.